The molecule has 0 saturated heterocycles. The fraction of sp³-hybridized carbons (Fsp3) is 0.300. The van der Waals surface area contributed by atoms with E-state index < -0.39 is 17.8 Å². The van der Waals surface area contributed by atoms with E-state index in [9.17, 15) is 14.0 Å². The van der Waals surface area contributed by atoms with Crippen LogP contribution < -0.4 is 10.6 Å². The molecular formula is C20H23FN2O2. The number of carbonyl (C=O) groups is 2. The fourth-order valence-corrected chi connectivity index (χ4v) is 2.37. The van der Waals surface area contributed by atoms with E-state index in [0.717, 1.165) is 11.1 Å². The summed E-state index contributed by atoms with van der Waals surface area (Å²) < 4.78 is 13.0. The predicted molar refractivity (Wildman–Crippen MR) is 95.5 cm³/mol. The first-order valence-electron chi connectivity index (χ1n) is 8.26. The fourth-order valence-electron chi connectivity index (χ4n) is 2.37. The SMILES string of the molecule is Cc1ccc(CNC(=O)C(NC(=O)c2ccc(F)cc2)C(C)C)cc1. The lowest BCUT2D eigenvalue weighted by molar-refractivity contribution is -0.124. The Balaban J connectivity index is 1.98. The number of halogens is 1. The van der Waals surface area contributed by atoms with Crippen molar-refractivity contribution in [3.05, 3.63) is 71.0 Å². The largest absolute Gasteiger partial charge is 0.350 e. The molecule has 132 valence electrons. The number of hydrogen-bond donors (Lipinski definition) is 2. The Kier molecular flexibility index (Phi) is 6.28. The second kappa shape index (κ2) is 8.42. The molecule has 2 rings (SSSR count). The number of amides is 2. The van der Waals surface area contributed by atoms with Gasteiger partial charge in [0.25, 0.3) is 5.91 Å². The van der Waals surface area contributed by atoms with Crippen molar-refractivity contribution in [3.63, 3.8) is 0 Å². The van der Waals surface area contributed by atoms with E-state index in [4.69, 9.17) is 0 Å². The van der Waals surface area contributed by atoms with E-state index in [1.54, 1.807) is 0 Å². The summed E-state index contributed by atoms with van der Waals surface area (Å²) in [5.41, 5.74) is 2.46. The second-order valence-corrected chi connectivity index (χ2v) is 6.41. The smallest absolute Gasteiger partial charge is 0.251 e. The molecule has 1 atom stereocenters. The zero-order valence-electron chi connectivity index (χ0n) is 14.7. The Morgan fingerprint density at radius 3 is 2.16 bits per heavy atom. The van der Waals surface area contributed by atoms with Gasteiger partial charge in [-0.2, -0.15) is 0 Å². The van der Waals surface area contributed by atoms with Gasteiger partial charge >= 0.3 is 0 Å². The maximum absolute atomic E-state index is 13.0. The summed E-state index contributed by atoms with van der Waals surface area (Å²) in [6.45, 7) is 6.12. The maximum atomic E-state index is 13.0. The normalized spacial score (nSPS) is 11.9. The van der Waals surface area contributed by atoms with E-state index in [-0.39, 0.29) is 11.8 Å². The number of nitrogens with one attached hydrogen (secondary N) is 2. The number of aryl methyl sites for hydroxylation is 1. The van der Waals surface area contributed by atoms with Gasteiger partial charge in [0.05, 0.1) is 0 Å². The third-order valence-corrected chi connectivity index (χ3v) is 3.93. The molecule has 0 fully saturated rings. The molecule has 2 amide bonds. The van der Waals surface area contributed by atoms with Gasteiger partial charge in [-0.25, -0.2) is 4.39 Å². The van der Waals surface area contributed by atoms with Crippen molar-refractivity contribution in [2.45, 2.75) is 33.4 Å². The summed E-state index contributed by atoms with van der Waals surface area (Å²) in [5.74, 6) is -1.13. The molecule has 0 bridgehead atoms. The zero-order chi connectivity index (χ0) is 18.4. The molecule has 1 unspecified atom stereocenters. The average Bonchev–Trinajstić information content (AvgIpc) is 2.59. The van der Waals surface area contributed by atoms with Gasteiger partial charge < -0.3 is 10.6 Å². The van der Waals surface area contributed by atoms with E-state index in [1.807, 2.05) is 45.0 Å². The summed E-state index contributed by atoms with van der Waals surface area (Å²) in [4.78, 5) is 24.7. The molecule has 2 aromatic rings. The number of rotatable bonds is 6. The highest BCUT2D eigenvalue weighted by Crippen LogP contribution is 2.08. The van der Waals surface area contributed by atoms with Gasteiger partial charge in [-0.15, -0.1) is 0 Å². The van der Waals surface area contributed by atoms with Gasteiger partial charge in [0, 0.05) is 12.1 Å². The second-order valence-electron chi connectivity index (χ2n) is 6.41. The first kappa shape index (κ1) is 18.6. The topological polar surface area (TPSA) is 58.2 Å². The van der Waals surface area contributed by atoms with Crippen LogP contribution in [-0.2, 0) is 11.3 Å². The molecule has 0 radical (unpaired) electrons. The van der Waals surface area contributed by atoms with Crippen LogP contribution in [0.1, 0.15) is 35.3 Å². The molecule has 2 N–H and O–H groups in total. The van der Waals surface area contributed by atoms with Gasteiger partial charge in [-0.05, 0) is 42.7 Å². The van der Waals surface area contributed by atoms with Crippen LogP contribution in [0.4, 0.5) is 4.39 Å². The van der Waals surface area contributed by atoms with Crippen LogP contribution in [0.15, 0.2) is 48.5 Å². The third-order valence-electron chi connectivity index (χ3n) is 3.93. The Labute approximate surface area is 147 Å². The van der Waals surface area contributed by atoms with Crippen LogP contribution in [0.25, 0.3) is 0 Å². The number of hydrogen-bond acceptors (Lipinski definition) is 2. The Morgan fingerprint density at radius 2 is 1.60 bits per heavy atom. The van der Waals surface area contributed by atoms with Crippen molar-refractivity contribution >= 4 is 11.8 Å². The van der Waals surface area contributed by atoms with Crippen LogP contribution in [-0.4, -0.2) is 17.9 Å². The van der Waals surface area contributed by atoms with Crippen LogP contribution >= 0.6 is 0 Å². The zero-order valence-corrected chi connectivity index (χ0v) is 14.7. The van der Waals surface area contributed by atoms with Gasteiger partial charge in [0.2, 0.25) is 5.91 Å². The molecule has 5 heteroatoms. The average molecular weight is 342 g/mol. The highest BCUT2D eigenvalue weighted by Gasteiger charge is 2.24. The number of carbonyl (C=O) groups excluding carboxylic acids is 2. The van der Waals surface area contributed by atoms with Crippen molar-refractivity contribution in [3.8, 4) is 0 Å². The van der Waals surface area contributed by atoms with E-state index in [0.29, 0.717) is 12.1 Å². The summed E-state index contributed by atoms with van der Waals surface area (Å²) in [6.07, 6.45) is 0. The Hall–Kier alpha value is -2.69. The Morgan fingerprint density at radius 1 is 1.00 bits per heavy atom. The first-order valence-corrected chi connectivity index (χ1v) is 8.26. The van der Waals surface area contributed by atoms with Crippen LogP contribution in [0.5, 0.6) is 0 Å². The van der Waals surface area contributed by atoms with Gasteiger partial charge in [-0.3, -0.25) is 9.59 Å². The molecule has 25 heavy (non-hydrogen) atoms. The summed E-state index contributed by atoms with van der Waals surface area (Å²) in [7, 11) is 0. The van der Waals surface area contributed by atoms with Crippen LogP contribution in [0, 0.1) is 18.7 Å². The van der Waals surface area contributed by atoms with Crippen molar-refractivity contribution in [2.24, 2.45) is 5.92 Å². The lowest BCUT2D eigenvalue weighted by atomic mass is 10.0. The minimum Gasteiger partial charge on any atom is -0.350 e. The van der Waals surface area contributed by atoms with Crippen molar-refractivity contribution in [2.75, 3.05) is 0 Å². The predicted octanol–water partition coefficient (Wildman–Crippen LogP) is 3.20. The molecule has 0 aliphatic carbocycles. The highest BCUT2D eigenvalue weighted by atomic mass is 19.1. The molecule has 0 aliphatic rings. The van der Waals surface area contributed by atoms with E-state index in [2.05, 4.69) is 10.6 Å². The molecular weight excluding hydrogens is 319 g/mol. The monoisotopic (exact) mass is 342 g/mol. The van der Waals surface area contributed by atoms with Crippen molar-refractivity contribution < 1.29 is 14.0 Å². The minimum atomic E-state index is -0.664. The number of benzene rings is 2. The molecule has 0 spiro atoms. The molecule has 0 aliphatic heterocycles. The molecule has 0 aromatic heterocycles. The summed E-state index contributed by atoms with van der Waals surface area (Å²) in [6, 6.07) is 12.4. The quantitative estimate of drug-likeness (QED) is 0.847. The molecule has 4 nitrogen and oxygen atoms in total. The molecule has 0 saturated carbocycles. The maximum Gasteiger partial charge on any atom is 0.251 e. The molecule has 0 heterocycles. The van der Waals surface area contributed by atoms with E-state index >= 15 is 0 Å². The summed E-state index contributed by atoms with van der Waals surface area (Å²) in [5, 5.41) is 5.58. The van der Waals surface area contributed by atoms with E-state index in [1.165, 1.54) is 24.3 Å². The standard InChI is InChI=1S/C20H23FN2O2/c1-13(2)18(23-19(24)16-8-10-17(21)11-9-16)20(25)22-12-15-6-4-14(3)5-7-15/h4-11,13,18H,12H2,1-3H3,(H,22,25)(H,23,24). The Bertz CT molecular complexity index is 724. The van der Waals surface area contributed by atoms with Crippen LogP contribution in [0.2, 0.25) is 0 Å². The summed E-state index contributed by atoms with van der Waals surface area (Å²) >= 11 is 0. The lowest BCUT2D eigenvalue weighted by Crippen LogP contribution is -2.49. The third kappa shape index (κ3) is 5.41. The van der Waals surface area contributed by atoms with Crippen LogP contribution in [0.3, 0.4) is 0 Å². The molecule has 2 aromatic carbocycles. The van der Waals surface area contributed by atoms with Gasteiger partial charge in [0.1, 0.15) is 11.9 Å². The first-order chi connectivity index (χ1) is 11.9. The minimum absolute atomic E-state index is 0.0811. The van der Waals surface area contributed by atoms with Gasteiger partial charge in [-0.1, -0.05) is 43.7 Å². The van der Waals surface area contributed by atoms with Crippen molar-refractivity contribution in [1.82, 2.24) is 10.6 Å². The highest BCUT2D eigenvalue weighted by molar-refractivity contribution is 5.97. The lowest BCUT2D eigenvalue weighted by Gasteiger charge is -2.22. The van der Waals surface area contributed by atoms with Gasteiger partial charge in [0.15, 0.2) is 0 Å². The van der Waals surface area contributed by atoms with Crippen molar-refractivity contribution in [1.29, 1.82) is 0 Å².